The number of thiazole rings is 1. The topological polar surface area (TPSA) is 112 Å². The highest BCUT2D eigenvalue weighted by atomic mass is 32.1. The molecule has 0 spiro atoms. The lowest BCUT2D eigenvalue weighted by Gasteiger charge is -1.92. The zero-order chi connectivity index (χ0) is 16.4. The minimum atomic E-state index is -0.478. The van der Waals surface area contributed by atoms with E-state index in [1.807, 2.05) is 0 Å². The van der Waals surface area contributed by atoms with Crippen LogP contribution in [0.5, 0.6) is 0 Å². The third-order valence-corrected chi connectivity index (χ3v) is 3.90. The van der Waals surface area contributed by atoms with Crippen LogP contribution in [0, 0.1) is 20.2 Å². The first-order valence-electron chi connectivity index (χ1n) is 6.36. The van der Waals surface area contributed by atoms with E-state index in [1.54, 1.807) is 18.2 Å². The number of hydrogen-bond donors (Lipinski definition) is 0. The van der Waals surface area contributed by atoms with Gasteiger partial charge in [0, 0.05) is 30.5 Å². The van der Waals surface area contributed by atoms with Crippen molar-refractivity contribution < 1.29 is 9.85 Å². The second-order valence-electron chi connectivity index (χ2n) is 4.52. The van der Waals surface area contributed by atoms with Crippen LogP contribution in [0.2, 0.25) is 0 Å². The molecule has 8 nitrogen and oxygen atoms in total. The highest BCUT2D eigenvalue weighted by molar-refractivity contribution is 7.22. The standard InChI is InChI=1S/C14H8N4O4S/c19-17(20)10-3-1-2-9(6-10)8-15-14-16-12-5-4-11(18(21)22)7-13(12)23-14/h1-8H/b15-8+. The van der Waals surface area contributed by atoms with Crippen LogP contribution in [0.15, 0.2) is 47.5 Å². The molecule has 0 aliphatic heterocycles. The highest BCUT2D eigenvalue weighted by Crippen LogP contribution is 2.30. The largest absolute Gasteiger partial charge is 0.270 e. The number of nitro groups is 2. The number of nitrogens with zero attached hydrogens (tertiary/aromatic N) is 4. The fourth-order valence-corrected chi connectivity index (χ4v) is 2.76. The van der Waals surface area contributed by atoms with E-state index in [-0.39, 0.29) is 11.4 Å². The lowest BCUT2D eigenvalue weighted by atomic mass is 10.2. The van der Waals surface area contributed by atoms with E-state index in [1.165, 1.54) is 41.8 Å². The zero-order valence-electron chi connectivity index (χ0n) is 11.4. The molecule has 0 aliphatic carbocycles. The fourth-order valence-electron chi connectivity index (χ4n) is 1.92. The Kier molecular flexibility index (Phi) is 3.77. The summed E-state index contributed by atoms with van der Waals surface area (Å²) in [5, 5.41) is 21.9. The van der Waals surface area contributed by atoms with Crippen LogP contribution in [0.1, 0.15) is 5.56 Å². The maximum atomic E-state index is 10.8. The molecule has 0 amide bonds. The molecule has 1 aromatic heterocycles. The number of aliphatic imine (C=N–C) groups is 1. The van der Waals surface area contributed by atoms with Gasteiger partial charge in [-0.05, 0) is 11.6 Å². The van der Waals surface area contributed by atoms with E-state index < -0.39 is 9.85 Å². The van der Waals surface area contributed by atoms with Crippen molar-refractivity contribution in [2.75, 3.05) is 0 Å². The summed E-state index contributed by atoms with van der Waals surface area (Å²) < 4.78 is 0.658. The maximum absolute atomic E-state index is 10.8. The van der Waals surface area contributed by atoms with Crippen molar-refractivity contribution >= 4 is 44.3 Å². The van der Waals surface area contributed by atoms with Crippen molar-refractivity contribution in [3.63, 3.8) is 0 Å². The van der Waals surface area contributed by atoms with Crippen molar-refractivity contribution in [3.05, 3.63) is 68.3 Å². The van der Waals surface area contributed by atoms with Crippen molar-refractivity contribution in [2.24, 2.45) is 4.99 Å². The van der Waals surface area contributed by atoms with E-state index in [4.69, 9.17) is 0 Å². The molecule has 1 heterocycles. The minimum absolute atomic E-state index is 0.00429. The predicted molar refractivity (Wildman–Crippen MR) is 86.6 cm³/mol. The van der Waals surface area contributed by atoms with Crippen molar-refractivity contribution in [2.45, 2.75) is 0 Å². The summed E-state index contributed by atoms with van der Waals surface area (Å²) in [6.45, 7) is 0. The van der Waals surface area contributed by atoms with Gasteiger partial charge in [-0.1, -0.05) is 23.5 Å². The molecule has 0 unspecified atom stereocenters. The molecule has 0 saturated heterocycles. The Morgan fingerprint density at radius 3 is 2.52 bits per heavy atom. The second kappa shape index (κ2) is 5.89. The molecular formula is C14H8N4O4S. The van der Waals surface area contributed by atoms with Gasteiger partial charge in [-0.3, -0.25) is 20.2 Å². The molecule has 114 valence electrons. The Labute approximate surface area is 133 Å². The van der Waals surface area contributed by atoms with Gasteiger partial charge in [0.05, 0.1) is 20.1 Å². The zero-order valence-corrected chi connectivity index (χ0v) is 12.3. The maximum Gasteiger partial charge on any atom is 0.270 e. The highest BCUT2D eigenvalue weighted by Gasteiger charge is 2.10. The van der Waals surface area contributed by atoms with Gasteiger partial charge in [0.2, 0.25) is 5.13 Å². The van der Waals surface area contributed by atoms with E-state index in [9.17, 15) is 20.2 Å². The Balaban J connectivity index is 1.90. The van der Waals surface area contributed by atoms with Crippen molar-refractivity contribution in [1.82, 2.24) is 4.98 Å². The van der Waals surface area contributed by atoms with Gasteiger partial charge in [-0.2, -0.15) is 0 Å². The number of non-ortho nitro benzene ring substituents is 2. The molecule has 0 radical (unpaired) electrons. The molecule has 0 atom stereocenters. The van der Waals surface area contributed by atoms with Gasteiger partial charge in [-0.25, -0.2) is 9.98 Å². The van der Waals surface area contributed by atoms with E-state index >= 15 is 0 Å². The monoisotopic (exact) mass is 328 g/mol. The van der Waals surface area contributed by atoms with Gasteiger partial charge >= 0.3 is 0 Å². The average Bonchev–Trinajstić information content (AvgIpc) is 2.95. The summed E-state index contributed by atoms with van der Waals surface area (Å²) in [6, 6.07) is 10.5. The van der Waals surface area contributed by atoms with Gasteiger partial charge in [0.15, 0.2) is 0 Å². The Morgan fingerprint density at radius 2 is 1.78 bits per heavy atom. The number of rotatable bonds is 4. The van der Waals surface area contributed by atoms with E-state index in [0.717, 1.165) is 0 Å². The molecule has 0 bridgehead atoms. The Morgan fingerprint density at radius 1 is 1.04 bits per heavy atom. The normalized spacial score (nSPS) is 11.1. The molecule has 0 N–H and O–H groups in total. The second-order valence-corrected chi connectivity index (χ2v) is 5.52. The number of nitro benzene ring substituents is 2. The molecule has 9 heteroatoms. The van der Waals surface area contributed by atoms with Gasteiger partial charge < -0.3 is 0 Å². The summed E-state index contributed by atoms with van der Waals surface area (Å²) in [6.07, 6.45) is 1.47. The quantitative estimate of drug-likeness (QED) is 0.410. The first-order valence-corrected chi connectivity index (χ1v) is 7.18. The molecular weight excluding hydrogens is 320 g/mol. The van der Waals surface area contributed by atoms with Crippen LogP contribution in [0.4, 0.5) is 16.5 Å². The molecule has 0 aliphatic rings. The predicted octanol–water partition coefficient (Wildman–Crippen LogP) is 3.86. The summed E-state index contributed by atoms with van der Waals surface area (Å²) in [5.74, 6) is 0. The molecule has 0 fully saturated rings. The van der Waals surface area contributed by atoms with Crippen molar-refractivity contribution in [1.29, 1.82) is 0 Å². The summed E-state index contributed by atoms with van der Waals surface area (Å²) >= 11 is 1.21. The smallest absolute Gasteiger partial charge is 0.258 e. The Hall–Kier alpha value is -3.20. The summed E-state index contributed by atoms with van der Waals surface area (Å²) in [5.41, 5.74) is 1.17. The SMILES string of the molecule is O=[N+]([O-])c1cccc(/C=N/c2nc3ccc([N+](=O)[O-])cc3s2)c1. The van der Waals surface area contributed by atoms with Gasteiger partial charge in [0.1, 0.15) is 0 Å². The summed E-state index contributed by atoms with van der Waals surface area (Å²) in [7, 11) is 0. The average molecular weight is 328 g/mol. The minimum Gasteiger partial charge on any atom is -0.258 e. The van der Waals surface area contributed by atoms with Gasteiger partial charge in [-0.15, -0.1) is 0 Å². The lowest BCUT2D eigenvalue weighted by molar-refractivity contribution is -0.385. The van der Waals surface area contributed by atoms with Crippen molar-refractivity contribution in [3.8, 4) is 0 Å². The lowest BCUT2D eigenvalue weighted by Crippen LogP contribution is -1.89. The van der Waals surface area contributed by atoms with E-state index in [0.29, 0.717) is 20.9 Å². The number of aromatic nitrogens is 1. The third-order valence-electron chi connectivity index (χ3n) is 2.98. The number of fused-ring (bicyclic) bond motifs is 1. The molecule has 23 heavy (non-hydrogen) atoms. The van der Waals surface area contributed by atoms with Crippen LogP contribution >= 0.6 is 11.3 Å². The third kappa shape index (κ3) is 3.19. The van der Waals surface area contributed by atoms with Crippen LogP contribution in [0.25, 0.3) is 10.2 Å². The fraction of sp³-hybridized carbons (Fsp3) is 0. The number of benzene rings is 2. The molecule has 0 saturated carbocycles. The molecule has 3 rings (SSSR count). The van der Waals surface area contributed by atoms with Crippen LogP contribution in [0.3, 0.4) is 0 Å². The molecule has 3 aromatic rings. The first-order chi connectivity index (χ1) is 11.0. The van der Waals surface area contributed by atoms with Crippen LogP contribution in [-0.4, -0.2) is 21.0 Å². The Bertz CT molecular complexity index is 951. The summed E-state index contributed by atoms with van der Waals surface area (Å²) in [4.78, 5) is 29.0. The first kappa shape index (κ1) is 14.7. The van der Waals surface area contributed by atoms with Crippen LogP contribution < -0.4 is 0 Å². The van der Waals surface area contributed by atoms with Gasteiger partial charge in [0.25, 0.3) is 11.4 Å². The van der Waals surface area contributed by atoms with Crippen LogP contribution in [-0.2, 0) is 0 Å². The van der Waals surface area contributed by atoms with E-state index in [2.05, 4.69) is 9.98 Å². The molecule has 2 aromatic carbocycles. The number of hydrogen-bond acceptors (Lipinski definition) is 7.